The first-order chi connectivity index (χ1) is 21.1. The summed E-state index contributed by atoms with van der Waals surface area (Å²) < 4.78 is 0. The van der Waals surface area contributed by atoms with E-state index >= 15 is 0 Å². The minimum atomic E-state index is 0.180. The maximum Gasteiger partial charge on any atom is 0.150 e. The van der Waals surface area contributed by atoms with Crippen molar-refractivity contribution in [3.05, 3.63) is 112 Å². The maximum atomic E-state index is 11.9. The van der Waals surface area contributed by atoms with Crippen LogP contribution in [0.1, 0.15) is 35.1 Å². The van der Waals surface area contributed by atoms with Gasteiger partial charge in [-0.05, 0) is 65.2 Å². The van der Waals surface area contributed by atoms with Crippen molar-refractivity contribution >= 4 is 18.1 Å². The van der Waals surface area contributed by atoms with E-state index in [1.807, 2.05) is 6.08 Å². The molecule has 2 aromatic rings. The second-order valence-electron chi connectivity index (χ2n) is 11.8. The molecule has 1 saturated heterocycles. The largest absolute Gasteiger partial charge is 0.395 e. The van der Waals surface area contributed by atoms with Crippen LogP contribution >= 0.6 is 0 Å². The summed E-state index contributed by atoms with van der Waals surface area (Å²) in [6.07, 6.45) is 14.3. The molecule has 43 heavy (non-hydrogen) atoms. The second-order valence-corrected chi connectivity index (χ2v) is 11.8. The van der Waals surface area contributed by atoms with Crippen LogP contribution in [0.2, 0.25) is 0 Å². The molecule has 0 unspecified atom stereocenters. The number of carbonyl (C=O) groups excluding carboxylic acids is 1. The number of piperazine rings is 1. The molecule has 0 saturated carbocycles. The zero-order valence-electron chi connectivity index (χ0n) is 25.6. The minimum absolute atomic E-state index is 0.180. The third kappa shape index (κ3) is 8.80. The van der Waals surface area contributed by atoms with Gasteiger partial charge in [-0.3, -0.25) is 19.6 Å². The van der Waals surface area contributed by atoms with E-state index in [9.17, 15) is 9.90 Å². The van der Waals surface area contributed by atoms with Crippen LogP contribution in [0.3, 0.4) is 0 Å². The zero-order chi connectivity index (χ0) is 29.9. The quantitative estimate of drug-likeness (QED) is 0.287. The number of hydrogen-bond donors (Lipinski definition) is 1. The zero-order valence-corrected chi connectivity index (χ0v) is 25.6. The number of aliphatic hydroxyl groups excluding tert-OH is 1. The molecule has 0 spiro atoms. The predicted octanol–water partition coefficient (Wildman–Crippen LogP) is 4.89. The number of carbonyl (C=O) groups is 1. The highest BCUT2D eigenvalue weighted by atomic mass is 16.3. The second kappa shape index (κ2) is 15.9. The first kappa shape index (κ1) is 31.0. The van der Waals surface area contributed by atoms with Crippen molar-refractivity contribution in [2.45, 2.75) is 32.7 Å². The van der Waals surface area contributed by atoms with Gasteiger partial charge in [0, 0.05) is 70.7 Å². The monoisotopic (exact) mass is 578 g/mol. The molecule has 1 aliphatic carbocycles. The van der Waals surface area contributed by atoms with E-state index in [4.69, 9.17) is 4.99 Å². The van der Waals surface area contributed by atoms with Crippen LogP contribution < -0.4 is 0 Å². The predicted molar refractivity (Wildman–Crippen MR) is 177 cm³/mol. The van der Waals surface area contributed by atoms with Crippen LogP contribution in [-0.2, 0) is 17.8 Å². The molecule has 2 heterocycles. The number of aliphatic imine (C=N–C) groups is 1. The number of aldehydes is 1. The normalized spacial score (nSPS) is 19.0. The van der Waals surface area contributed by atoms with Gasteiger partial charge in [-0.2, -0.15) is 0 Å². The topological polar surface area (TPSA) is 59.4 Å². The molecular weight excluding hydrogens is 532 g/mol. The van der Waals surface area contributed by atoms with Gasteiger partial charge in [0.1, 0.15) is 6.29 Å². The third-order valence-electron chi connectivity index (χ3n) is 8.99. The van der Waals surface area contributed by atoms with Crippen LogP contribution in [0.15, 0.2) is 94.5 Å². The first-order valence-electron chi connectivity index (χ1n) is 15.8. The Morgan fingerprint density at radius 3 is 2.40 bits per heavy atom. The summed E-state index contributed by atoms with van der Waals surface area (Å²) in [6.45, 7) is 12.0. The van der Waals surface area contributed by atoms with E-state index in [0.717, 1.165) is 100 Å². The van der Waals surface area contributed by atoms with Crippen LogP contribution in [0.5, 0.6) is 0 Å². The lowest BCUT2D eigenvalue weighted by molar-refractivity contribution is -0.104. The number of benzene rings is 2. The Morgan fingerprint density at radius 1 is 0.884 bits per heavy atom. The number of nitrogens with zero attached hydrogens (tertiary/aromatic N) is 4. The van der Waals surface area contributed by atoms with Gasteiger partial charge < -0.3 is 10.0 Å². The Morgan fingerprint density at radius 2 is 1.67 bits per heavy atom. The van der Waals surface area contributed by atoms with E-state index in [2.05, 4.69) is 94.6 Å². The van der Waals surface area contributed by atoms with Gasteiger partial charge >= 0.3 is 0 Å². The molecular formula is C37H46N4O2. The molecule has 0 aromatic heterocycles. The molecule has 0 radical (unpaired) electrons. The summed E-state index contributed by atoms with van der Waals surface area (Å²) in [5, 5.41) is 9.22. The first-order valence-corrected chi connectivity index (χ1v) is 15.8. The van der Waals surface area contributed by atoms with Crippen molar-refractivity contribution in [2.75, 3.05) is 65.5 Å². The number of aryl methyl sites for hydroxylation is 1. The molecule has 6 nitrogen and oxygen atoms in total. The fraction of sp³-hybridized carbons (Fsp3) is 0.405. The van der Waals surface area contributed by atoms with Gasteiger partial charge in [0.2, 0.25) is 0 Å². The minimum Gasteiger partial charge on any atom is -0.395 e. The summed E-state index contributed by atoms with van der Waals surface area (Å²) in [5.74, 6) is 0. The SMILES string of the molecule is Cc1ccccc1CCN1CCN(CC=NCc2ccc(C3=CCC(C4=CCN(CCO)CC4)=C(C=O)C=C3)cc2)CC1. The van der Waals surface area contributed by atoms with Gasteiger partial charge in [0.15, 0.2) is 0 Å². The highest BCUT2D eigenvalue weighted by Gasteiger charge is 2.18. The van der Waals surface area contributed by atoms with Crippen molar-refractivity contribution in [1.29, 1.82) is 0 Å². The number of hydrogen-bond acceptors (Lipinski definition) is 6. The van der Waals surface area contributed by atoms with Crippen molar-refractivity contribution in [2.24, 2.45) is 4.99 Å². The van der Waals surface area contributed by atoms with E-state index in [0.29, 0.717) is 13.1 Å². The number of rotatable bonds is 12. The van der Waals surface area contributed by atoms with Crippen LogP contribution in [0.25, 0.3) is 5.57 Å². The van der Waals surface area contributed by atoms with Gasteiger partial charge in [-0.1, -0.05) is 72.8 Å². The highest BCUT2D eigenvalue weighted by molar-refractivity contribution is 5.85. The third-order valence-corrected chi connectivity index (χ3v) is 8.99. The van der Waals surface area contributed by atoms with Crippen molar-refractivity contribution in [3.8, 4) is 0 Å². The maximum absolute atomic E-state index is 11.9. The Labute approximate surface area is 257 Å². The highest BCUT2D eigenvalue weighted by Crippen LogP contribution is 2.30. The fourth-order valence-corrected chi connectivity index (χ4v) is 6.16. The summed E-state index contributed by atoms with van der Waals surface area (Å²) in [7, 11) is 0. The number of β-amino-alcohol motifs (C(OH)–C–C–N with tert-alkyl or cyclic N) is 1. The van der Waals surface area contributed by atoms with Crippen molar-refractivity contribution < 1.29 is 9.90 Å². The van der Waals surface area contributed by atoms with Gasteiger partial charge in [0.25, 0.3) is 0 Å². The van der Waals surface area contributed by atoms with Crippen molar-refractivity contribution in [1.82, 2.24) is 14.7 Å². The molecule has 5 rings (SSSR count). The molecule has 1 N–H and O–H groups in total. The molecule has 1 fully saturated rings. The lowest BCUT2D eigenvalue weighted by Crippen LogP contribution is -2.47. The lowest BCUT2D eigenvalue weighted by atomic mass is 9.93. The average molecular weight is 579 g/mol. The molecule has 6 heteroatoms. The Bertz CT molecular complexity index is 1380. The van der Waals surface area contributed by atoms with Gasteiger partial charge in [0.05, 0.1) is 13.2 Å². The Hall–Kier alpha value is -3.42. The van der Waals surface area contributed by atoms with E-state index in [-0.39, 0.29) is 6.61 Å². The van der Waals surface area contributed by atoms with Gasteiger partial charge in [-0.15, -0.1) is 0 Å². The molecule has 2 aromatic carbocycles. The molecule has 2 aliphatic heterocycles. The average Bonchev–Trinajstić information content (AvgIpc) is 3.27. The standard InChI is InChI=1S/C37H46N4O2/c1-30-4-2-3-5-32(30)14-18-40-22-24-41(25-23-40)21-17-38-28-31-6-8-33(9-7-31)34-10-11-36(29-43)37(13-12-34)35-15-19-39(20-16-35)26-27-42/h2-12,15,17,29,42H,13-14,16,18-28H2,1H3. The number of aliphatic hydroxyl groups is 1. The summed E-state index contributed by atoms with van der Waals surface area (Å²) >= 11 is 0. The molecule has 0 amide bonds. The van der Waals surface area contributed by atoms with Gasteiger partial charge in [-0.25, -0.2) is 0 Å². The van der Waals surface area contributed by atoms with Crippen LogP contribution in [0.4, 0.5) is 0 Å². The van der Waals surface area contributed by atoms with E-state index in [1.165, 1.54) is 22.3 Å². The summed E-state index contributed by atoms with van der Waals surface area (Å²) in [4.78, 5) is 24.0. The molecule has 0 atom stereocenters. The molecule has 0 bridgehead atoms. The Kier molecular flexibility index (Phi) is 11.5. The summed E-state index contributed by atoms with van der Waals surface area (Å²) in [5.41, 5.74) is 9.50. The molecule has 226 valence electrons. The summed E-state index contributed by atoms with van der Waals surface area (Å²) in [6, 6.07) is 17.4. The van der Waals surface area contributed by atoms with E-state index < -0.39 is 0 Å². The van der Waals surface area contributed by atoms with E-state index in [1.54, 1.807) is 0 Å². The number of allylic oxidation sites excluding steroid dienone is 6. The Balaban J connectivity index is 1.06. The van der Waals surface area contributed by atoms with Crippen LogP contribution in [-0.4, -0.2) is 97.8 Å². The smallest absolute Gasteiger partial charge is 0.150 e. The lowest BCUT2D eigenvalue weighted by Gasteiger charge is -2.34. The van der Waals surface area contributed by atoms with Crippen LogP contribution in [0, 0.1) is 6.92 Å². The van der Waals surface area contributed by atoms with Crippen molar-refractivity contribution in [3.63, 3.8) is 0 Å². The molecule has 3 aliphatic rings. The fourth-order valence-electron chi connectivity index (χ4n) is 6.16.